The van der Waals surface area contributed by atoms with Crippen LogP contribution < -0.4 is 5.56 Å². The lowest BCUT2D eigenvalue weighted by Gasteiger charge is -2.28. The molecule has 26 heavy (non-hydrogen) atoms. The van der Waals surface area contributed by atoms with E-state index in [1.165, 1.54) is 22.5 Å². The molecule has 2 heterocycles. The molecule has 2 aromatic carbocycles. The molecule has 130 valence electrons. The van der Waals surface area contributed by atoms with Gasteiger partial charge < -0.3 is 4.98 Å². The van der Waals surface area contributed by atoms with Gasteiger partial charge in [0.05, 0.1) is 18.1 Å². The third-order valence-electron chi connectivity index (χ3n) is 4.43. The van der Waals surface area contributed by atoms with Crippen molar-refractivity contribution < 1.29 is 0 Å². The molecule has 1 N–H and O–H groups in total. The second kappa shape index (κ2) is 7.23. The second-order valence-corrected chi connectivity index (χ2v) is 7.20. The number of H-pyrrole nitrogens is 1. The smallest absolute Gasteiger partial charge is 0.268 e. The van der Waals surface area contributed by atoms with Gasteiger partial charge in [-0.3, -0.25) is 9.69 Å². The van der Waals surface area contributed by atoms with Gasteiger partial charge in [0.2, 0.25) is 0 Å². The summed E-state index contributed by atoms with van der Waals surface area (Å²) in [6, 6.07) is 22.8. The predicted molar refractivity (Wildman–Crippen MR) is 106 cm³/mol. The van der Waals surface area contributed by atoms with Crippen molar-refractivity contribution in [1.82, 2.24) is 14.9 Å². The Morgan fingerprint density at radius 1 is 1.00 bits per heavy atom. The van der Waals surface area contributed by atoms with E-state index in [4.69, 9.17) is 0 Å². The first-order valence-electron chi connectivity index (χ1n) is 8.49. The van der Waals surface area contributed by atoms with E-state index in [2.05, 4.69) is 70.4 Å². The lowest BCUT2D eigenvalue weighted by atomic mass is 9.97. The zero-order chi connectivity index (χ0) is 17.9. The van der Waals surface area contributed by atoms with Crippen LogP contribution >= 0.6 is 11.3 Å². The van der Waals surface area contributed by atoms with Crippen LogP contribution in [0.3, 0.4) is 0 Å². The number of nitrogens with zero attached hydrogens (tertiary/aromatic N) is 2. The lowest BCUT2D eigenvalue weighted by Crippen LogP contribution is -2.27. The summed E-state index contributed by atoms with van der Waals surface area (Å²) in [6.45, 7) is 0.551. The van der Waals surface area contributed by atoms with Gasteiger partial charge in [-0.25, -0.2) is 4.98 Å². The Kier molecular flexibility index (Phi) is 4.65. The number of aromatic amines is 1. The van der Waals surface area contributed by atoms with Gasteiger partial charge in [0.15, 0.2) is 0 Å². The van der Waals surface area contributed by atoms with Crippen LogP contribution in [0.15, 0.2) is 76.9 Å². The Morgan fingerprint density at radius 3 is 2.23 bits per heavy atom. The van der Waals surface area contributed by atoms with Crippen LogP contribution in [-0.2, 0) is 6.54 Å². The van der Waals surface area contributed by atoms with Crippen molar-refractivity contribution in [3.63, 3.8) is 0 Å². The van der Waals surface area contributed by atoms with Crippen LogP contribution in [-0.4, -0.2) is 21.9 Å². The fourth-order valence-corrected chi connectivity index (χ4v) is 4.02. The van der Waals surface area contributed by atoms with Gasteiger partial charge in [0.1, 0.15) is 10.5 Å². The van der Waals surface area contributed by atoms with Crippen molar-refractivity contribution in [1.29, 1.82) is 0 Å². The van der Waals surface area contributed by atoms with E-state index in [0.717, 1.165) is 5.52 Å². The molecule has 0 saturated heterocycles. The zero-order valence-corrected chi connectivity index (χ0v) is 15.2. The van der Waals surface area contributed by atoms with E-state index in [1.807, 2.05) is 23.6 Å². The summed E-state index contributed by atoms with van der Waals surface area (Å²) in [6.07, 6.45) is 0. The minimum Gasteiger partial charge on any atom is -0.308 e. The minimum atomic E-state index is -0.0654. The van der Waals surface area contributed by atoms with Gasteiger partial charge >= 0.3 is 0 Å². The van der Waals surface area contributed by atoms with E-state index in [-0.39, 0.29) is 11.6 Å². The first-order valence-corrected chi connectivity index (χ1v) is 9.37. The highest BCUT2D eigenvalue weighted by molar-refractivity contribution is 7.17. The van der Waals surface area contributed by atoms with Gasteiger partial charge in [-0.2, -0.15) is 0 Å². The summed E-state index contributed by atoms with van der Waals surface area (Å²) >= 11 is 1.42. The number of hydrogen-bond donors (Lipinski definition) is 1. The fraction of sp³-hybridized carbons (Fsp3) is 0.143. The first kappa shape index (κ1) is 16.7. The molecule has 4 nitrogen and oxygen atoms in total. The summed E-state index contributed by atoms with van der Waals surface area (Å²) in [5.74, 6) is 0.681. The molecule has 4 aromatic rings. The van der Waals surface area contributed by atoms with Crippen LogP contribution in [0.25, 0.3) is 10.2 Å². The van der Waals surface area contributed by atoms with Crippen LogP contribution in [0.5, 0.6) is 0 Å². The monoisotopic (exact) mass is 361 g/mol. The van der Waals surface area contributed by atoms with Crippen molar-refractivity contribution in [2.24, 2.45) is 0 Å². The zero-order valence-electron chi connectivity index (χ0n) is 14.4. The maximum absolute atomic E-state index is 12.2. The molecule has 0 spiro atoms. The summed E-state index contributed by atoms with van der Waals surface area (Å²) < 4.78 is 0.680. The molecule has 0 aliphatic rings. The fourth-order valence-electron chi connectivity index (χ4n) is 3.30. The van der Waals surface area contributed by atoms with E-state index in [1.54, 1.807) is 0 Å². The number of hydrogen-bond acceptors (Lipinski definition) is 4. The molecule has 2 aromatic heterocycles. The molecule has 0 aliphatic carbocycles. The summed E-state index contributed by atoms with van der Waals surface area (Å²) in [7, 11) is 2.06. The average molecular weight is 361 g/mol. The number of aromatic nitrogens is 2. The van der Waals surface area contributed by atoms with Crippen LogP contribution in [0.2, 0.25) is 0 Å². The molecule has 0 atom stereocenters. The highest BCUT2D eigenvalue weighted by Gasteiger charge is 2.20. The number of thiophene rings is 1. The van der Waals surface area contributed by atoms with Gasteiger partial charge in [-0.15, -0.1) is 11.3 Å². The standard InChI is InChI=1S/C21H19N3OS/c1-24(14-18-22-17-12-13-26-20(17)21(25)23-18)19(15-8-4-2-5-9-15)16-10-6-3-7-11-16/h2-13,19H,14H2,1H3,(H,22,23,25). The molecular weight excluding hydrogens is 342 g/mol. The van der Waals surface area contributed by atoms with Gasteiger partial charge in [0, 0.05) is 0 Å². The number of benzene rings is 2. The van der Waals surface area contributed by atoms with Crippen molar-refractivity contribution in [3.8, 4) is 0 Å². The second-order valence-electron chi connectivity index (χ2n) is 6.29. The molecule has 0 unspecified atom stereocenters. The van der Waals surface area contributed by atoms with Crippen molar-refractivity contribution in [2.75, 3.05) is 7.05 Å². The maximum Gasteiger partial charge on any atom is 0.268 e. The lowest BCUT2D eigenvalue weighted by molar-refractivity contribution is 0.264. The molecule has 0 amide bonds. The van der Waals surface area contributed by atoms with E-state index < -0.39 is 0 Å². The largest absolute Gasteiger partial charge is 0.308 e. The van der Waals surface area contributed by atoms with Crippen LogP contribution in [0, 0.1) is 0 Å². The molecule has 0 radical (unpaired) electrons. The van der Waals surface area contributed by atoms with Crippen LogP contribution in [0.1, 0.15) is 23.0 Å². The van der Waals surface area contributed by atoms with E-state index >= 15 is 0 Å². The predicted octanol–water partition coefficient (Wildman–Crippen LogP) is 4.21. The Labute approximate surface area is 155 Å². The molecule has 0 fully saturated rings. The Balaban J connectivity index is 1.70. The van der Waals surface area contributed by atoms with E-state index in [0.29, 0.717) is 17.1 Å². The first-order chi connectivity index (χ1) is 12.7. The Morgan fingerprint density at radius 2 is 1.62 bits per heavy atom. The molecular formula is C21H19N3OS. The number of nitrogens with one attached hydrogen (secondary N) is 1. The highest BCUT2D eigenvalue weighted by atomic mass is 32.1. The number of rotatable bonds is 5. The number of fused-ring (bicyclic) bond motifs is 1. The van der Waals surface area contributed by atoms with Gasteiger partial charge in [0.25, 0.3) is 5.56 Å². The van der Waals surface area contributed by atoms with Crippen LogP contribution in [0.4, 0.5) is 0 Å². The van der Waals surface area contributed by atoms with Crippen molar-refractivity contribution in [2.45, 2.75) is 12.6 Å². The molecule has 4 rings (SSSR count). The molecule has 0 aliphatic heterocycles. The third-order valence-corrected chi connectivity index (χ3v) is 5.34. The third kappa shape index (κ3) is 3.31. The Hall–Kier alpha value is -2.76. The van der Waals surface area contributed by atoms with Gasteiger partial charge in [-0.05, 0) is 29.6 Å². The SMILES string of the molecule is CN(Cc1nc2ccsc2c(=O)[nH]1)C(c1ccccc1)c1ccccc1. The normalized spacial score (nSPS) is 11.5. The molecule has 0 saturated carbocycles. The Bertz CT molecular complexity index is 1020. The minimum absolute atomic E-state index is 0.0654. The summed E-state index contributed by atoms with van der Waals surface area (Å²) in [4.78, 5) is 22.0. The summed E-state index contributed by atoms with van der Waals surface area (Å²) in [5.41, 5.74) is 3.11. The van der Waals surface area contributed by atoms with E-state index in [9.17, 15) is 4.79 Å². The van der Waals surface area contributed by atoms with Crippen molar-refractivity contribution >= 4 is 21.6 Å². The topological polar surface area (TPSA) is 49.0 Å². The molecule has 0 bridgehead atoms. The molecule has 5 heteroatoms. The quantitative estimate of drug-likeness (QED) is 0.579. The highest BCUT2D eigenvalue weighted by Crippen LogP contribution is 2.28. The van der Waals surface area contributed by atoms with Gasteiger partial charge in [-0.1, -0.05) is 60.7 Å². The maximum atomic E-state index is 12.2. The average Bonchev–Trinajstić information content (AvgIpc) is 3.13. The van der Waals surface area contributed by atoms with Crippen molar-refractivity contribution in [3.05, 3.63) is 99.4 Å². The summed E-state index contributed by atoms with van der Waals surface area (Å²) in [5, 5.41) is 1.90.